The predicted molar refractivity (Wildman–Crippen MR) is 123 cm³/mol. The van der Waals surface area contributed by atoms with Gasteiger partial charge >= 0.3 is 0 Å². The van der Waals surface area contributed by atoms with E-state index in [1.54, 1.807) is 28.8 Å². The quantitative estimate of drug-likeness (QED) is 0.397. The number of nitrogens with zero attached hydrogens (tertiary/aromatic N) is 4. The number of sulfone groups is 1. The normalized spacial score (nSPS) is 11.7. The Labute approximate surface area is 186 Å². The summed E-state index contributed by atoms with van der Waals surface area (Å²) in [5.41, 5.74) is 5.09. The van der Waals surface area contributed by atoms with Crippen molar-refractivity contribution in [2.75, 3.05) is 0 Å². The van der Waals surface area contributed by atoms with Crippen LogP contribution in [-0.4, -0.2) is 28.2 Å². The third-order valence-electron chi connectivity index (χ3n) is 5.38. The summed E-state index contributed by atoms with van der Waals surface area (Å²) in [5, 5.41) is 13.2. The second kappa shape index (κ2) is 7.69. The maximum absolute atomic E-state index is 13.6. The van der Waals surface area contributed by atoms with Crippen LogP contribution in [0.1, 0.15) is 11.3 Å². The monoisotopic (exact) mass is 440 g/mol. The molecule has 5 rings (SSSR count). The average Bonchev–Trinajstić information content (AvgIpc) is 3.15. The molecule has 0 aliphatic rings. The summed E-state index contributed by atoms with van der Waals surface area (Å²) < 4.78 is 28.8. The summed E-state index contributed by atoms with van der Waals surface area (Å²) in [6, 6.07) is 25.8. The van der Waals surface area contributed by atoms with Crippen LogP contribution in [0, 0.1) is 13.8 Å². The van der Waals surface area contributed by atoms with Gasteiger partial charge in [-0.3, -0.25) is 0 Å². The van der Waals surface area contributed by atoms with E-state index in [2.05, 4.69) is 10.2 Å². The molecule has 0 fully saturated rings. The number of fused-ring (bicyclic) bond motifs is 1. The van der Waals surface area contributed by atoms with Crippen LogP contribution in [0.15, 0.2) is 94.9 Å². The van der Waals surface area contributed by atoms with Gasteiger partial charge in [0.25, 0.3) is 0 Å². The van der Waals surface area contributed by atoms with E-state index in [0.29, 0.717) is 16.9 Å². The molecule has 6 nitrogen and oxygen atoms in total. The van der Waals surface area contributed by atoms with E-state index in [1.807, 2.05) is 74.5 Å². The van der Waals surface area contributed by atoms with Crippen molar-refractivity contribution in [2.24, 2.45) is 0 Å². The van der Waals surface area contributed by atoms with Gasteiger partial charge in [0.15, 0.2) is 5.65 Å². The molecule has 0 saturated heterocycles. The first-order chi connectivity index (χ1) is 15.5. The molecule has 7 heteroatoms. The summed E-state index contributed by atoms with van der Waals surface area (Å²) in [7, 11) is -3.93. The van der Waals surface area contributed by atoms with Crippen molar-refractivity contribution in [3.05, 3.63) is 96.2 Å². The van der Waals surface area contributed by atoms with Gasteiger partial charge in [0.05, 0.1) is 16.2 Å². The van der Waals surface area contributed by atoms with Crippen LogP contribution in [-0.2, 0) is 9.84 Å². The van der Waals surface area contributed by atoms with E-state index in [4.69, 9.17) is 5.10 Å². The Morgan fingerprint density at radius 1 is 0.719 bits per heavy atom. The van der Waals surface area contributed by atoms with Crippen LogP contribution >= 0.6 is 0 Å². The van der Waals surface area contributed by atoms with Crippen molar-refractivity contribution in [3.63, 3.8) is 0 Å². The van der Waals surface area contributed by atoms with Gasteiger partial charge in [0, 0.05) is 5.56 Å². The predicted octanol–water partition coefficient (Wildman–Crippen LogP) is 4.91. The summed E-state index contributed by atoms with van der Waals surface area (Å²) in [5.74, 6) is 0. The molecule has 0 radical (unpaired) electrons. The average molecular weight is 441 g/mol. The highest BCUT2D eigenvalue weighted by Crippen LogP contribution is 2.34. The third-order valence-corrected chi connectivity index (χ3v) is 7.06. The number of benzene rings is 3. The van der Waals surface area contributed by atoms with Crippen LogP contribution in [0.4, 0.5) is 0 Å². The van der Waals surface area contributed by atoms with Crippen LogP contribution in [0.5, 0.6) is 0 Å². The van der Waals surface area contributed by atoms with Crippen LogP contribution in [0.2, 0.25) is 0 Å². The number of hydrogen-bond donors (Lipinski definition) is 0. The number of aryl methyl sites for hydroxylation is 2. The van der Waals surface area contributed by atoms with Crippen molar-refractivity contribution < 1.29 is 8.42 Å². The molecule has 0 amide bonds. The van der Waals surface area contributed by atoms with Gasteiger partial charge < -0.3 is 0 Å². The fourth-order valence-electron chi connectivity index (χ4n) is 3.79. The lowest BCUT2D eigenvalue weighted by molar-refractivity contribution is 0.589. The van der Waals surface area contributed by atoms with E-state index in [0.717, 1.165) is 22.4 Å². The van der Waals surface area contributed by atoms with Gasteiger partial charge in [-0.15, -0.1) is 10.2 Å². The van der Waals surface area contributed by atoms with Crippen molar-refractivity contribution in [3.8, 4) is 22.4 Å². The van der Waals surface area contributed by atoms with E-state index >= 15 is 0 Å². The zero-order chi connectivity index (χ0) is 22.3. The van der Waals surface area contributed by atoms with Gasteiger partial charge in [-0.1, -0.05) is 78.4 Å². The highest BCUT2D eigenvalue weighted by atomic mass is 32.2. The molecular weight excluding hydrogens is 420 g/mol. The highest BCUT2D eigenvalue weighted by molar-refractivity contribution is 7.91. The van der Waals surface area contributed by atoms with E-state index in [-0.39, 0.29) is 9.92 Å². The molecule has 0 atom stereocenters. The maximum Gasteiger partial charge on any atom is 0.227 e. The van der Waals surface area contributed by atoms with Crippen molar-refractivity contribution in [1.82, 2.24) is 19.8 Å². The second-order valence-electron chi connectivity index (χ2n) is 7.60. The Bertz CT molecular complexity index is 1530. The molecule has 5 aromatic rings. The Hall–Kier alpha value is -3.84. The summed E-state index contributed by atoms with van der Waals surface area (Å²) in [4.78, 5) is 0.168. The molecule has 0 spiro atoms. The molecule has 3 aromatic carbocycles. The summed E-state index contributed by atoms with van der Waals surface area (Å²) in [6.45, 7) is 3.80. The number of rotatable bonds is 4. The minimum Gasteiger partial charge on any atom is -0.217 e. The minimum atomic E-state index is -3.93. The molecule has 2 heterocycles. The molecule has 0 aliphatic carbocycles. The van der Waals surface area contributed by atoms with Gasteiger partial charge in [-0.25, -0.2) is 12.9 Å². The Morgan fingerprint density at radius 3 is 1.94 bits per heavy atom. The zero-order valence-corrected chi connectivity index (χ0v) is 18.4. The molecular formula is C25H20N4O2S. The fraction of sp³-hybridized carbons (Fsp3) is 0.0800. The molecule has 32 heavy (non-hydrogen) atoms. The van der Waals surface area contributed by atoms with Crippen molar-refractivity contribution >= 4 is 15.5 Å². The first kappa shape index (κ1) is 20.1. The van der Waals surface area contributed by atoms with Crippen molar-refractivity contribution in [2.45, 2.75) is 23.8 Å². The molecule has 158 valence electrons. The van der Waals surface area contributed by atoms with Gasteiger partial charge in [0.2, 0.25) is 14.9 Å². The lowest BCUT2D eigenvalue weighted by Gasteiger charge is -2.11. The fourth-order valence-corrected chi connectivity index (χ4v) is 5.11. The highest BCUT2D eigenvalue weighted by Gasteiger charge is 2.29. The summed E-state index contributed by atoms with van der Waals surface area (Å²) in [6.07, 6.45) is 0. The maximum atomic E-state index is 13.6. The molecule has 0 bridgehead atoms. The topological polar surface area (TPSA) is 77.2 Å². The molecule has 0 saturated carbocycles. The number of aromatic nitrogens is 4. The lowest BCUT2D eigenvalue weighted by Crippen LogP contribution is -2.12. The minimum absolute atomic E-state index is 0.123. The number of hydrogen-bond acceptors (Lipinski definition) is 5. The third kappa shape index (κ3) is 3.27. The van der Waals surface area contributed by atoms with Crippen molar-refractivity contribution in [1.29, 1.82) is 0 Å². The molecule has 2 aromatic heterocycles. The van der Waals surface area contributed by atoms with Gasteiger partial charge in [-0.2, -0.15) is 5.10 Å². The van der Waals surface area contributed by atoms with Crippen LogP contribution < -0.4 is 0 Å². The van der Waals surface area contributed by atoms with E-state index in [9.17, 15) is 8.42 Å². The van der Waals surface area contributed by atoms with E-state index < -0.39 is 9.84 Å². The van der Waals surface area contributed by atoms with Crippen LogP contribution in [0.25, 0.3) is 28.0 Å². The van der Waals surface area contributed by atoms with Crippen LogP contribution in [0.3, 0.4) is 0 Å². The second-order valence-corrected chi connectivity index (χ2v) is 9.46. The Balaban J connectivity index is 1.85. The smallest absolute Gasteiger partial charge is 0.217 e. The van der Waals surface area contributed by atoms with Gasteiger partial charge in [-0.05, 0) is 31.5 Å². The zero-order valence-electron chi connectivity index (χ0n) is 17.6. The first-order valence-electron chi connectivity index (χ1n) is 10.2. The molecule has 0 unspecified atom stereocenters. The largest absolute Gasteiger partial charge is 0.227 e. The lowest BCUT2D eigenvalue weighted by atomic mass is 10.1. The standard InChI is InChI=1S/C25H20N4O2S/c1-17-13-15-21(16-14-17)32(30,31)25-23(20-11-7-4-8-12-20)29-24(26-27-25)22(18(2)28-29)19-9-5-3-6-10-19/h3-16H,1-2H3. The first-order valence-corrected chi connectivity index (χ1v) is 11.6. The SMILES string of the molecule is Cc1ccc(S(=O)(=O)c2nnc3c(-c4ccccc4)c(C)nn3c2-c2ccccc2)cc1. The Kier molecular flexibility index (Phi) is 4.83. The molecule has 0 N–H and O–H groups in total. The van der Waals surface area contributed by atoms with Gasteiger partial charge in [0.1, 0.15) is 5.69 Å². The molecule has 0 aliphatic heterocycles. The van der Waals surface area contributed by atoms with E-state index in [1.165, 1.54) is 0 Å². The summed E-state index contributed by atoms with van der Waals surface area (Å²) >= 11 is 0. The Morgan fingerprint density at radius 2 is 1.31 bits per heavy atom.